The third-order valence-electron chi connectivity index (χ3n) is 4.43. The molecule has 1 unspecified atom stereocenters. The molecule has 1 fully saturated rings. The average molecular weight is 334 g/mol. The normalized spacial score (nSPS) is 24.8. The van der Waals surface area contributed by atoms with Crippen LogP contribution in [0, 0.1) is 0 Å². The number of likely N-dealkylation sites (N-methyl/N-ethyl adjacent to an activating group) is 1. The SMILES string of the molecule is CCN1C(=O)C(C)(C(=O)NC2CCSCC2)Oc2ccccc21. The summed E-state index contributed by atoms with van der Waals surface area (Å²) >= 11 is 1.90. The van der Waals surface area contributed by atoms with Gasteiger partial charge in [0.25, 0.3) is 17.4 Å². The maximum atomic E-state index is 12.9. The summed E-state index contributed by atoms with van der Waals surface area (Å²) in [5, 5.41) is 3.01. The van der Waals surface area contributed by atoms with Crippen molar-refractivity contribution >= 4 is 29.3 Å². The standard InChI is InChI=1S/C17H22N2O3S/c1-3-19-13-6-4-5-7-14(13)22-17(2,16(19)21)15(20)18-12-8-10-23-11-9-12/h4-7,12H,3,8-11H2,1-2H3,(H,18,20). The minimum Gasteiger partial charge on any atom is -0.466 e. The first-order valence-electron chi connectivity index (χ1n) is 8.05. The first-order chi connectivity index (χ1) is 11.1. The Kier molecular flexibility index (Phi) is 4.53. The topological polar surface area (TPSA) is 58.6 Å². The van der Waals surface area contributed by atoms with Gasteiger partial charge in [-0.25, -0.2) is 0 Å². The van der Waals surface area contributed by atoms with Crippen molar-refractivity contribution in [2.75, 3.05) is 23.0 Å². The highest BCUT2D eigenvalue weighted by molar-refractivity contribution is 7.99. The Bertz CT molecular complexity index is 616. The number of ether oxygens (including phenoxy) is 1. The lowest BCUT2D eigenvalue weighted by Crippen LogP contribution is -2.63. The molecule has 1 aromatic carbocycles. The monoisotopic (exact) mass is 334 g/mol. The second-order valence-electron chi connectivity index (χ2n) is 6.01. The predicted octanol–water partition coefficient (Wildman–Crippen LogP) is 2.20. The third-order valence-corrected chi connectivity index (χ3v) is 5.48. The number of anilines is 1. The lowest BCUT2D eigenvalue weighted by Gasteiger charge is -2.40. The Morgan fingerprint density at radius 2 is 2.09 bits per heavy atom. The predicted molar refractivity (Wildman–Crippen MR) is 92.0 cm³/mol. The summed E-state index contributed by atoms with van der Waals surface area (Å²) in [6, 6.07) is 7.48. The number of thioether (sulfide) groups is 1. The number of para-hydroxylation sites is 2. The Labute approximate surface area is 140 Å². The van der Waals surface area contributed by atoms with Crippen LogP contribution in [0.25, 0.3) is 0 Å². The largest absolute Gasteiger partial charge is 0.466 e. The summed E-state index contributed by atoms with van der Waals surface area (Å²) in [6.07, 6.45) is 1.88. The van der Waals surface area contributed by atoms with E-state index in [0.717, 1.165) is 30.0 Å². The van der Waals surface area contributed by atoms with Gasteiger partial charge in [-0.15, -0.1) is 0 Å². The van der Waals surface area contributed by atoms with E-state index < -0.39 is 5.60 Å². The number of benzene rings is 1. The van der Waals surface area contributed by atoms with E-state index in [0.29, 0.717) is 12.3 Å². The molecule has 2 aliphatic heterocycles. The summed E-state index contributed by atoms with van der Waals surface area (Å²) < 4.78 is 5.86. The Morgan fingerprint density at radius 3 is 2.78 bits per heavy atom. The number of hydrogen-bond donors (Lipinski definition) is 1. The van der Waals surface area contributed by atoms with Crippen LogP contribution in [0.4, 0.5) is 5.69 Å². The number of amides is 2. The van der Waals surface area contributed by atoms with Crippen LogP contribution in [0.3, 0.4) is 0 Å². The van der Waals surface area contributed by atoms with Crippen LogP contribution in [-0.4, -0.2) is 41.5 Å². The molecular formula is C17H22N2O3S. The number of fused-ring (bicyclic) bond motifs is 1. The molecule has 0 saturated carbocycles. The van der Waals surface area contributed by atoms with Gasteiger partial charge < -0.3 is 15.0 Å². The van der Waals surface area contributed by atoms with Crippen molar-refractivity contribution in [1.29, 1.82) is 0 Å². The van der Waals surface area contributed by atoms with Crippen LogP contribution in [0.5, 0.6) is 5.75 Å². The van der Waals surface area contributed by atoms with Gasteiger partial charge in [0.15, 0.2) is 0 Å². The summed E-state index contributed by atoms with van der Waals surface area (Å²) in [5.41, 5.74) is -0.783. The highest BCUT2D eigenvalue weighted by Crippen LogP contribution is 2.37. The zero-order valence-corrected chi connectivity index (χ0v) is 14.3. The molecule has 6 heteroatoms. The molecule has 2 aliphatic rings. The summed E-state index contributed by atoms with van der Waals surface area (Å²) in [4.78, 5) is 27.3. The highest BCUT2D eigenvalue weighted by Gasteiger charge is 2.50. The number of nitrogens with one attached hydrogen (secondary N) is 1. The summed E-state index contributed by atoms with van der Waals surface area (Å²) in [5.74, 6) is 2.01. The van der Waals surface area contributed by atoms with Crippen LogP contribution in [0.2, 0.25) is 0 Å². The van der Waals surface area contributed by atoms with Crippen LogP contribution in [0.1, 0.15) is 26.7 Å². The van der Waals surface area contributed by atoms with Crippen LogP contribution in [-0.2, 0) is 9.59 Å². The number of nitrogens with zero attached hydrogens (tertiary/aromatic N) is 1. The van der Waals surface area contributed by atoms with Gasteiger partial charge in [0.2, 0.25) is 0 Å². The molecule has 23 heavy (non-hydrogen) atoms. The Morgan fingerprint density at radius 1 is 1.39 bits per heavy atom. The highest BCUT2D eigenvalue weighted by atomic mass is 32.2. The smallest absolute Gasteiger partial charge is 0.280 e. The summed E-state index contributed by atoms with van der Waals surface area (Å²) in [7, 11) is 0. The van der Waals surface area contributed by atoms with Crippen molar-refractivity contribution in [1.82, 2.24) is 5.32 Å². The van der Waals surface area contributed by atoms with Crippen molar-refractivity contribution in [3.8, 4) is 5.75 Å². The second kappa shape index (κ2) is 6.43. The van der Waals surface area contributed by atoms with Gasteiger partial charge in [-0.3, -0.25) is 9.59 Å². The quantitative estimate of drug-likeness (QED) is 0.861. The fraction of sp³-hybridized carbons (Fsp3) is 0.529. The minimum absolute atomic E-state index is 0.129. The van der Waals surface area contributed by atoms with Gasteiger partial charge in [0, 0.05) is 12.6 Å². The van der Waals surface area contributed by atoms with Crippen molar-refractivity contribution in [3.05, 3.63) is 24.3 Å². The van der Waals surface area contributed by atoms with Gasteiger partial charge in [-0.05, 0) is 50.3 Å². The molecule has 0 spiro atoms. The third kappa shape index (κ3) is 2.92. The second-order valence-corrected chi connectivity index (χ2v) is 7.24. The molecule has 5 nitrogen and oxygen atoms in total. The number of hydrogen-bond acceptors (Lipinski definition) is 4. The van der Waals surface area contributed by atoms with E-state index in [1.165, 1.54) is 0 Å². The van der Waals surface area contributed by atoms with E-state index in [4.69, 9.17) is 4.74 Å². The lowest BCUT2D eigenvalue weighted by atomic mass is 9.98. The molecule has 1 N–H and O–H groups in total. The zero-order chi connectivity index (χ0) is 16.4. The summed E-state index contributed by atoms with van der Waals surface area (Å²) in [6.45, 7) is 3.97. The molecule has 0 aliphatic carbocycles. The van der Waals surface area contributed by atoms with Crippen molar-refractivity contribution in [2.45, 2.75) is 38.3 Å². The van der Waals surface area contributed by atoms with E-state index >= 15 is 0 Å². The van der Waals surface area contributed by atoms with Gasteiger partial charge in [-0.2, -0.15) is 11.8 Å². The van der Waals surface area contributed by atoms with Crippen LogP contribution < -0.4 is 15.0 Å². The van der Waals surface area contributed by atoms with Gasteiger partial charge in [0.05, 0.1) is 5.69 Å². The maximum absolute atomic E-state index is 12.9. The van der Waals surface area contributed by atoms with E-state index in [1.807, 2.05) is 36.9 Å². The van der Waals surface area contributed by atoms with Gasteiger partial charge in [-0.1, -0.05) is 12.1 Å². The Balaban J connectivity index is 1.85. The zero-order valence-electron chi connectivity index (χ0n) is 13.5. The minimum atomic E-state index is -1.51. The van der Waals surface area contributed by atoms with Crippen molar-refractivity contribution in [3.63, 3.8) is 0 Å². The molecule has 1 saturated heterocycles. The molecule has 0 aromatic heterocycles. The lowest BCUT2D eigenvalue weighted by molar-refractivity contribution is -0.148. The number of carbonyl (C=O) groups excluding carboxylic acids is 2. The molecule has 1 atom stereocenters. The molecule has 2 heterocycles. The molecule has 124 valence electrons. The van der Waals surface area contributed by atoms with Gasteiger partial charge in [0.1, 0.15) is 5.75 Å². The van der Waals surface area contributed by atoms with Crippen LogP contribution in [0.15, 0.2) is 24.3 Å². The fourth-order valence-corrected chi connectivity index (χ4v) is 4.13. The number of carbonyl (C=O) groups is 2. The van der Waals surface area contributed by atoms with Crippen molar-refractivity contribution < 1.29 is 14.3 Å². The van der Waals surface area contributed by atoms with E-state index in [9.17, 15) is 9.59 Å². The molecule has 3 rings (SSSR count). The van der Waals surface area contributed by atoms with Crippen molar-refractivity contribution in [2.24, 2.45) is 0 Å². The first-order valence-corrected chi connectivity index (χ1v) is 9.20. The average Bonchev–Trinajstić information content (AvgIpc) is 2.57. The molecule has 2 amide bonds. The molecule has 1 aromatic rings. The van der Waals surface area contributed by atoms with Crippen LogP contribution >= 0.6 is 11.8 Å². The number of rotatable bonds is 3. The van der Waals surface area contributed by atoms with E-state index in [1.54, 1.807) is 17.9 Å². The maximum Gasteiger partial charge on any atom is 0.280 e. The fourth-order valence-electron chi connectivity index (χ4n) is 3.02. The van der Waals surface area contributed by atoms with E-state index in [-0.39, 0.29) is 17.9 Å². The first kappa shape index (κ1) is 16.2. The Hall–Kier alpha value is -1.69. The molecule has 0 bridgehead atoms. The van der Waals surface area contributed by atoms with E-state index in [2.05, 4.69) is 5.32 Å². The van der Waals surface area contributed by atoms with Gasteiger partial charge >= 0.3 is 0 Å². The molecule has 0 radical (unpaired) electrons. The molecular weight excluding hydrogens is 312 g/mol.